The van der Waals surface area contributed by atoms with Crippen LogP contribution in [-0.2, 0) is 11.3 Å². The number of benzene rings is 1. The summed E-state index contributed by atoms with van der Waals surface area (Å²) >= 11 is 3.39. The molecule has 0 radical (unpaired) electrons. The lowest BCUT2D eigenvalue weighted by Gasteiger charge is -2.28. The molecule has 2 rings (SSSR count). The summed E-state index contributed by atoms with van der Waals surface area (Å²) in [5.41, 5.74) is 7.51. The van der Waals surface area contributed by atoms with Crippen molar-refractivity contribution in [3.8, 4) is 0 Å². The third kappa shape index (κ3) is 3.49. The van der Waals surface area contributed by atoms with Crippen LogP contribution in [0.5, 0.6) is 0 Å². The average molecular weight is 337 g/mol. The molecule has 0 unspecified atom stereocenters. The van der Waals surface area contributed by atoms with Gasteiger partial charge in [-0.25, -0.2) is 0 Å². The molecule has 20 heavy (non-hydrogen) atoms. The van der Waals surface area contributed by atoms with E-state index in [1.807, 2.05) is 42.2 Å². The monoisotopic (exact) mass is 336 g/mol. The second-order valence-corrected chi connectivity index (χ2v) is 5.47. The van der Waals surface area contributed by atoms with Crippen molar-refractivity contribution >= 4 is 21.8 Å². The first-order valence-electron chi connectivity index (χ1n) is 6.41. The number of furan rings is 1. The molecule has 0 saturated heterocycles. The first-order valence-corrected chi connectivity index (χ1v) is 7.21. The standard InChI is InChI=1S/C15H17BrN2O2/c1-2-18(9-11-7-8-20-10-11)14(15(17)19)12-3-5-13(16)6-4-12/h3-8,10,14H,2,9H2,1H3,(H2,17,19)/t14-/m1/s1. The van der Waals surface area contributed by atoms with E-state index in [1.165, 1.54) is 0 Å². The Labute approximate surface area is 126 Å². The van der Waals surface area contributed by atoms with Crippen LogP contribution in [0.3, 0.4) is 0 Å². The van der Waals surface area contributed by atoms with Crippen LogP contribution in [0.2, 0.25) is 0 Å². The van der Waals surface area contributed by atoms with Gasteiger partial charge in [0, 0.05) is 16.6 Å². The Hall–Kier alpha value is -1.59. The molecule has 0 aliphatic rings. The largest absolute Gasteiger partial charge is 0.472 e. The summed E-state index contributed by atoms with van der Waals surface area (Å²) in [7, 11) is 0. The Morgan fingerprint density at radius 2 is 2.05 bits per heavy atom. The molecule has 0 bridgehead atoms. The Morgan fingerprint density at radius 1 is 1.35 bits per heavy atom. The number of hydrogen-bond donors (Lipinski definition) is 1. The molecule has 5 heteroatoms. The van der Waals surface area contributed by atoms with Crippen LogP contribution < -0.4 is 5.73 Å². The summed E-state index contributed by atoms with van der Waals surface area (Å²) < 4.78 is 6.05. The van der Waals surface area contributed by atoms with Crippen molar-refractivity contribution in [2.75, 3.05) is 6.54 Å². The van der Waals surface area contributed by atoms with Gasteiger partial charge in [-0.2, -0.15) is 0 Å². The molecule has 1 heterocycles. The van der Waals surface area contributed by atoms with Gasteiger partial charge >= 0.3 is 0 Å². The van der Waals surface area contributed by atoms with Gasteiger partial charge in [0.1, 0.15) is 6.04 Å². The highest BCUT2D eigenvalue weighted by Crippen LogP contribution is 2.24. The number of amides is 1. The van der Waals surface area contributed by atoms with Crippen molar-refractivity contribution in [1.82, 2.24) is 4.90 Å². The Kier molecular flexibility index (Phi) is 4.98. The van der Waals surface area contributed by atoms with Gasteiger partial charge in [0.15, 0.2) is 0 Å². The fourth-order valence-electron chi connectivity index (χ4n) is 2.20. The number of nitrogens with two attached hydrogens (primary N) is 1. The van der Waals surface area contributed by atoms with Gasteiger partial charge in [0.25, 0.3) is 0 Å². The molecular formula is C15H17BrN2O2. The lowest BCUT2D eigenvalue weighted by molar-refractivity contribution is -0.123. The number of carbonyl (C=O) groups excluding carboxylic acids is 1. The summed E-state index contributed by atoms with van der Waals surface area (Å²) in [6, 6.07) is 9.11. The minimum absolute atomic E-state index is 0.349. The van der Waals surface area contributed by atoms with E-state index in [-0.39, 0.29) is 5.91 Å². The number of likely N-dealkylation sites (N-methyl/N-ethyl adjacent to an activating group) is 1. The molecule has 2 aromatic rings. The maximum atomic E-state index is 11.9. The molecule has 1 amide bonds. The van der Waals surface area contributed by atoms with Crippen molar-refractivity contribution in [1.29, 1.82) is 0 Å². The predicted octanol–water partition coefficient (Wildman–Crippen LogP) is 3.09. The number of hydrogen-bond acceptors (Lipinski definition) is 3. The number of carbonyl (C=O) groups is 1. The van der Waals surface area contributed by atoms with Gasteiger partial charge in [-0.15, -0.1) is 0 Å². The van der Waals surface area contributed by atoms with E-state index in [0.717, 1.165) is 22.1 Å². The fraction of sp³-hybridized carbons (Fsp3) is 0.267. The maximum Gasteiger partial charge on any atom is 0.239 e. The Bertz CT molecular complexity index is 552. The van der Waals surface area contributed by atoms with Crippen LogP contribution >= 0.6 is 15.9 Å². The molecule has 0 spiro atoms. The molecule has 2 N–H and O–H groups in total. The Morgan fingerprint density at radius 3 is 2.55 bits per heavy atom. The van der Waals surface area contributed by atoms with Crippen LogP contribution in [0.4, 0.5) is 0 Å². The normalized spacial score (nSPS) is 12.6. The van der Waals surface area contributed by atoms with Crippen molar-refractivity contribution < 1.29 is 9.21 Å². The van der Waals surface area contributed by atoms with Crippen molar-refractivity contribution in [3.05, 3.63) is 58.5 Å². The topological polar surface area (TPSA) is 59.5 Å². The maximum absolute atomic E-state index is 11.9. The van der Waals surface area contributed by atoms with Crippen molar-refractivity contribution in [2.24, 2.45) is 5.73 Å². The van der Waals surface area contributed by atoms with E-state index in [2.05, 4.69) is 15.9 Å². The molecule has 0 aliphatic carbocycles. The minimum Gasteiger partial charge on any atom is -0.472 e. The molecule has 0 saturated carbocycles. The van der Waals surface area contributed by atoms with Crippen LogP contribution in [0.1, 0.15) is 24.1 Å². The van der Waals surface area contributed by atoms with E-state index < -0.39 is 6.04 Å². The smallest absolute Gasteiger partial charge is 0.239 e. The second kappa shape index (κ2) is 6.72. The van der Waals surface area contributed by atoms with Gasteiger partial charge in [0.2, 0.25) is 5.91 Å². The lowest BCUT2D eigenvalue weighted by Crippen LogP contribution is -2.37. The lowest BCUT2D eigenvalue weighted by atomic mass is 10.0. The van der Waals surface area contributed by atoms with E-state index in [1.54, 1.807) is 12.5 Å². The SMILES string of the molecule is CCN(Cc1ccoc1)[C@@H](C(N)=O)c1ccc(Br)cc1. The zero-order valence-corrected chi connectivity index (χ0v) is 12.8. The molecular weight excluding hydrogens is 320 g/mol. The zero-order valence-electron chi connectivity index (χ0n) is 11.3. The molecule has 1 aromatic heterocycles. The number of primary amides is 1. The third-order valence-electron chi connectivity index (χ3n) is 3.19. The first kappa shape index (κ1) is 14.8. The molecule has 0 aliphatic heterocycles. The van der Waals surface area contributed by atoms with Crippen LogP contribution in [-0.4, -0.2) is 17.4 Å². The zero-order chi connectivity index (χ0) is 14.5. The van der Waals surface area contributed by atoms with E-state index >= 15 is 0 Å². The van der Waals surface area contributed by atoms with Crippen molar-refractivity contribution in [2.45, 2.75) is 19.5 Å². The van der Waals surface area contributed by atoms with Gasteiger partial charge < -0.3 is 10.2 Å². The molecule has 1 atom stereocenters. The molecule has 0 fully saturated rings. The summed E-state index contributed by atoms with van der Waals surface area (Å²) in [6.45, 7) is 3.35. The summed E-state index contributed by atoms with van der Waals surface area (Å²) in [5.74, 6) is -0.349. The van der Waals surface area contributed by atoms with E-state index in [9.17, 15) is 4.79 Å². The number of rotatable bonds is 6. The highest BCUT2D eigenvalue weighted by atomic mass is 79.9. The Balaban J connectivity index is 2.25. The molecule has 4 nitrogen and oxygen atoms in total. The summed E-state index contributed by atoms with van der Waals surface area (Å²) in [4.78, 5) is 13.9. The fourth-order valence-corrected chi connectivity index (χ4v) is 2.47. The average Bonchev–Trinajstić information content (AvgIpc) is 2.92. The van der Waals surface area contributed by atoms with Gasteiger partial charge in [0.05, 0.1) is 12.5 Å². The van der Waals surface area contributed by atoms with Gasteiger partial charge in [-0.05, 0) is 30.3 Å². The van der Waals surface area contributed by atoms with Gasteiger partial charge in [-0.3, -0.25) is 9.69 Å². The van der Waals surface area contributed by atoms with Crippen LogP contribution in [0, 0.1) is 0 Å². The summed E-state index contributed by atoms with van der Waals surface area (Å²) in [5, 5.41) is 0. The molecule has 106 valence electrons. The molecule has 1 aromatic carbocycles. The second-order valence-electron chi connectivity index (χ2n) is 4.55. The summed E-state index contributed by atoms with van der Waals surface area (Å²) in [6.07, 6.45) is 3.31. The quantitative estimate of drug-likeness (QED) is 0.881. The third-order valence-corrected chi connectivity index (χ3v) is 3.72. The van der Waals surface area contributed by atoms with Crippen molar-refractivity contribution in [3.63, 3.8) is 0 Å². The predicted molar refractivity (Wildman–Crippen MR) is 80.9 cm³/mol. The van der Waals surface area contributed by atoms with E-state index in [0.29, 0.717) is 6.54 Å². The van der Waals surface area contributed by atoms with Crippen LogP contribution in [0.15, 0.2) is 51.7 Å². The van der Waals surface area contributed by atoms with E-state index in [4.69, 9.17) is 10.2 Å². The highest BCUT2D eigenvalue weighted by Gasteiger charge is 2.24. The number of halogens is 1. The number of nitrogens with zero attached hydrogens (tertiary/aromatic N) is 1. The first-order chi connectivity index (χ1) is 9.61. The van der Waals surface area contributed by atoms with Crippen LogP contribution in [0.25, 0.3) is 0 Å². The van der Waals surface area contributed by atoms with Gasteiger partial charge in [-0.1, -0.05) is 35.0 Å². The highest BCUT2D eigenvalue weighted by molar-refractivity contribution is 9.10. The minimum atomic E-state index is -0.442.